The smallest absolute Gasteiger partial charge is 0.160 e. The van der Waals surface area contributed by atoms with E-state index in [0.717, 1.165) is 48.9 Å². The summed E-state index contributed by atoms with van der Waals surface area (Å²) in [6.45, 7) is 1.56. The summed E-state index contributed by atoms with van der Waals surface area (Å²) in [5.74, 6) is 3.00. The van der Waals surface area contributed by atoms with Crippen molar-refractivity contribution in [3.8, 4) is 23.0 Å². The van der Waals surface area contributed by atoms with Crippen molar-refractivity contribution in [1.82, 2.24) is 5.32 Å². The van der Waals surface area contributed by atoms with E-state index in [1.54, 1.807) is 28.4 Å². The van der Waals surface area contributed by atoms with Crippen LogP contribution in [-0.4, -0.2) is 41.5 Å². The summed E-state index contributed by atoms with van der Waals surface area (Å²) in [6.07, 6.45) is 1.76. The van der Waals surface area contributed by atoms with Crippen LogP contribution in [0.5, 0.6) is 23.0 Å². The average molecular weight is 344 g/mol. The second kappa shape index (κ2) is 9.79. The largest absolute Gasteiger partial charge is 0.493 e. The van der Waals surface area contributed by atoms with Crippen LogP contribution in [0.1, 0.15) is 11.1 Å². The van der Waals surface area contributed by atoms with E-state index in [9.17, 15) is 0 Å². The minimum Gasteiger partial charge on any atom is -0.493 e. The molecule has 25 heavy (non-hydrogen) atoms. The van der Waals surface area contributed by atoms with Gasteiger partial charge in [-0.1, -0.05) is 12.1 Å². The third-order valence-electron chi connectivity index (χ3n) is 4.01. The SMILES string of the molecule is COc1ccc(CC[N]CCc2ccc(OC)c(OC)c2)cc1OC. The molecule has 0 amide bonds. The summed E-state index contributed by atoms with van der Waals surface area (Å²) in [6, 6.07) is 12.0. The van der Waals surface area contributed by atoms with Gasteiger partial charge in [0, 0.05) is 13.1 Å². The van der Waals surface area contributed by atoms with E-state index in [-0.39, 0.29) is 0 Å². The molecule has 0 aromatic heterocycles. The summed E-state index contributed by atoms with van der Waals surface area (Å²) >= 11 is 0. The molecular formula is C20H26NO4. The Morgan fingerprint density at radius 2 is 1.00 bits per heavy atom. The number of ether oxygens (including phenoxy) is 4. The predicted molar refractivity (Wildman–Crippen MR) is 98.4 cm³/mol. The average Bonchev–Trinajstić information content (AvgIpc) is 2.67. The number of hydrogen-bond donors (Lipinski definition) is 0. The molecule has 2 aromatic carbocycles. The second-order valence-electron chi connectivity index (χ2n) is 5.55. The van der Waals surface area contributed by atoms with Crippen LogP contribution >= 0.6 is 0 Å². The molecule has 0 aliphatic heterocycles. The van der Waals surface area contributed by atoms with Crippen molar-refractivity contribution in [2.24, 2.45) is 0 Å². The Balaban J connectivity index is 1.78. The van der Waals surface area contributed by atoms with Crippen LogP contribution in [0, 0.1) is 0 Å². The van der Waals surface area contributed by atoms with E-state index < -0.39 is 0 Å². The van der Waals surface area contributed by atoms with Gasteiger partial charge in [0.1, 0.15) is 0 Å². The minimum atomic E-state index is 0.747. The first-order chi connectivity index (χ1) is 12.2. The second-order valence-corrected chi connectivity index (χ2v) is 5.55. The molecular weight excluding hydrogens is 318 g/mol. The van der Waals surface area contributed by atoms with Crippen molar-refractivity contribution in [1.29, 1.82) is 0 Å². The number of hydrogen-bond acceptors (Lipinski definition) is 4. The van der Waals surface area contributed by atoms with Crippen LogP contribution in [0.3, 0.4) is 0 Å². The molecule has 2 rings (SSSR count). The van der Waals surface area contributed by atoms with Crippen molar-refractivity contribution in [3.63, 3.8) is 0 Å². The van der Waals surface area contributed by atoms with Gasteiger partial charge in [-0.15, -0.1) is 0 Å². The van der Waals surface area contributed by atoms with Gasteiger partial charge in [0.2, 0.25) is 0 Å². The highest BCUT2D eigenvalue weighted by Crippen LogP contribution is 2.28. The van der Waals surface area contributed by atoms with Gasteiger partial charge in [-0.25, -0.2) is 5.32 Å². The fraction of sp³-hybridized carbons (Fsp3) is 0.400. The molecule has 0 aliphatic rings. The molecule has 0 spiro atoms. The van der Waals surface area contributed by atoms with Gasteiger partial charge in [0.05, 0.1) is 28.4 Å². The van der Waals surface area contributed by atoms with Crippen LogP contribution < -0.4 is 24.3 Å². The van der Waals surface area contributed by atoms with Crippen LogP contribution in [0.25, 0.3) is 0 Å². The molecule has 5 nitrogen and oxygen atoms in total. The van der Waals surface area contributed by atoms with Crippen LogP contribution in [0.15, 0.2) is 36.4 Å². The van der Waals surface area contributed by atoms with Crippen LogP contribution in [0.2, 0.25) is 0 Å². The third-order valence-corrected chi connectivity index (χ3v) is 4.01. The topological polar surface area (TPSA) is 51.0 Å². The number of rotatable bonds is 10. The third kappa shape index (κ3) is 5.29. The van der Waals surface area contributed by atoms with E-state index in [4.69, 9.17) is 18.9 Å². The Morgan fingerprint density at radius 1 is 0.600 bits per heavy atom. The first kappa shape index (κ1) is 18.9. The van der Waals surface area contributed by atoms with Crippen molar-refractivity contribution in [2.75, 3.05) is 41.5 Å². The van der Waals surface area contributed by atoms with E-state index >= 15 is 0 Å². The summed E-state index contributed by atoms with van der Waals surface area (Å²) in [5, 5.41) is 4.61. The van der Waals surface area contributed by atoms with E-state index in [0.29, 0.717) is 0 Å². The Labute approximate surface area is 149 Å². The maximum Gasteiger partial charge on any atom is 0.160 e. The van der Waals surface area contributed by atoms with E-state index in [1.807, 2.05) is 36.4 Å². The highest BCUT2D eigenvalue weighted by molar-refractivity contribution is 5.43. The van der Waals surface area contributed by atoms with Crippen molar-refractivity contribution >= 4 is 0 Å². The lowest BCUT2D eigenvalue weighted by atomic mass is 10.1. The standard InChI is InChI=1S/C20H26NO4/c1-22-17-7-5-15(13-19(17)24-3)9-11-21-12-10-16-6-8-18(23-2)20(14-16)25-4/h5-8,13-14H,9-12H2,1-4H3. The Kier molecular flexibility index (Phi) is 7.41. The van der Waals surface area contributed by atoms with Crippen molar-refractivity contribution in [2.45, 2.75) is 12.8 Å². The highest BCUT2D eigenvalue weighted by atomic mass is 16.5. The van der Waals surface area contributed by atoms with Gasteiger partial charge in [-0.2, -0.15) is 0 Å². The molecule has 5 heteroatoms. The zero-order valence-corrected chi connectivity index (χ0v) is 15.4. The lowest BCUT2D eigenvalue weighted by molar-refractivity contribution is 0.354. The highest BCUT2D eigenvalue weighted by Gasteiger charge is 2.06. The van der Waals surface area contributed by atoms with Crippen molar-refractivity contribution in [3.05, 3.63) is 47.5 Å². The number of methoxy groups -OCH3 is 4. The predicted octanol–water partition coefficient (Wildman–Crippen LogP) is 3.11. The van der Waals surface area contributed by atoms with Gasteiger partial charge in [-0.05, 0) is 48.2 Å². The zero-order valence-electron chi connectivity index (χ0n) is 15.4. The maximum atomic E-state index is 5.33. The molecule has 0 fully saturated rings. The Bertz CT molecular complexity index is 615. The van der Waals surface area contributed by atoms with Crippen LogP contribution in [-0.2, 0) is 12.8 Å². The summed E-state index contributed by atoms with van der Waals surface area (Å²) in [5.41, 5.74) is 2.38. The number of benzene rings is 2. The van der Waals surface area contributed by atoms with Gasteiger partial charge >= 0.3 is 0 Å². The lowest BCUT2D eigenvalue weighted by Crippen LogP contribution is -2.13. The first-order valence-electron chi connectivity index (χ1n) is 8.27. The molecule has 0 saturated carbocycles. The maximum absolute atomic E-state index is 5.33. The number of nitrogens with zero attached hydrogens (tertiary/aromatic N) is 1. The summed E-state index contributed by atoms with van der Waals surface area (Å²) in [4.78, 5) is 0. The fourth-order valence-corrected chi connectivity index (χ4v) is 2.60. The molecule has 2 aromatic rings. The normalized spacial score (nSPS) is 10.4. The fourth-order valence-electron chi connectivity index (χ4n) is 2.60. The molecule has 0 bridgehead atoms. The molecule has 0 N–H and O–H groups in total. The molecule has 0 saturated heterocycles. The summed E-state index contributed by atoms with van der Waals surface area (Å²) in [7, 11) is 6.58. The molecule has 0 atom stereocenters. The zero-order chi connectivity index (χ0) is 18.1. The molecule has 0 heterocycles. The van der Waals surface area contributed by atoms with Crippen LogP contribution in [0.4, 0.5) is 0 Å². The monoisotopic (exact) mass is 344 g/mol. The Morgan fingerprint density at radius 3 is 1.36 bits per heavy atom. The molecule has 0 aliphatic carbocycles. The molecule has 1 radical (unpaired) electrons. The van der Waals surface area contributed by atoms with Crippen molar-refractivity contribution < 1.29 is 18.9 Å². The lowest BCUT2D eigenvalue weighted by Gasteiger charge is -2.10. The molecule has 135 valence electrons. The van der Waals surface area contributed by atoms with E-state index in [2.05, 4.69) is 5.32 Å². The first-order valence-corrected chi connectivity index (χ1v) is 8.27. The van der Waals surface area contributed by atoms with Gasteiger partial charge in [0.25, 0.3) is 0 Å². The van der Waals surface area contributed by atoms with Gasteiger partial charge < -0.3 is 18.9 Å². The van der Waals surface area contributed by atoms with Gasteiger partial charge in [0.15, 0.2) is 23.0 Å². The minimum absolute atomic E-state index is 0.747. The molecule has 0 unspecified atom stereocenters. The van der Waals surface area contributed by atoms with Gasteiger partial charge in [-0.3, -0.25) is 0 Å². The van der Waals surface area contributed by atoms with E-state index in [1.165, 1.54) is 11.1 Å². The quantitative estimate of drug-likeness (QED) is 0.622. The Hall–Kier alpha value is -2.40. The summed E-state index contributed by atoms with van der Waals surface area (Å²) < 4.78 is 21.2.